The van der Waals surface area contributed by atoms with E-state index in [4.69, 9.17) is 0 Å². The van der Waals surface area contributed by atoms with Crippen LogP contribution in [0.5, 0.6) is 0 Å². The second-order valence-electron chi connectivity index (χ2n) is 8.32. The van der Waals surface area contributed by atoms with E-state index in [1.165, 1.54) is 96.3 Å². The molecule has 0 N–H and O–H groups in total. The highest BCUT2D eigenvalue weighted by molar-refractivity contribution is 5.45. The van der Waals surface area contributed by atoms with Crippen LogP contribution < -0.4 is 0 Å². The Morgan fingerprint density at radius 1 is 0.640 bits per heavy atom. The van der Waals surface area contributed by atoms with Crippen LogP contribution in [0.15, 0.2) is 16.7 Å². The van der Waals surface area contributed by atoms with Gasteiger partial charge in [0.05, 0.1) is 0 Å². The van der Waals surface area contributed by atoms with Crippen molar-refractivity contribution in [1.29, 1.82) is 0 Å². The smallest absolute Gasteiger partial charge is 0.0143 e. The Morgan fingerprint density at radius 2 is 1.20 bits per heavy atom. The minimum atomic E-state index is 0.230. The standard InChI is InChI=1S/C25H45/c1-6-10-12-14-15-16-19-22-21-25(5,9-4)24(18-8-3)23(22)20-17-13-11-7-2/h6-20H2,1-5H3. The molecule has 0 spiro atoms. The fraction of sp³-hybridized carbons (Fsp3) is 0.840. The summed E-state index contributed by atoms with van der Waals surface area (Å²) < 4.78 is 0. The van der Waals surface area contributed by atoms with E-state index in [0.29, 0.717) is 0 Å². The van der Waals surface area contributed by atoms with E-state index in [9.17, 15) is 0 Å². The normalized spacial score (nSPS) is 20.4. The predicted octanol–water partition coefficient (Wildman–Crippen LogP) is 8.96. The van der Waals surface area contributed by atoms with Gasteiger partial charge in [-0.15, -0.1) is 0 Å². The summed E-state index contributed by atoms with van der Waals surface area (Å²) in [6, 6.07) is 0. The monoisotopic (exact) mass is 345 g/mol. The molecule has 0 heterocycles. The first-order chi connectivity index (χ1) is 12.1. The first-order valence-corrected chi connectivity index (χ1v) is 11.5. The molecule has 0 aromatic carbocycles. The van der Waals surface area contributed by atoms with Crippen molar-refractivity contribution in [3.63, 3.8) is 0 Å². The molecule has 0 amide bonds. The zero-order valence-electron chi connectivity index (χ0n) is 18.1. The van der Waals surface area contributed by atoms with Gasteiger partial charge in [0.2, 0.25) is 0 Å². The lowest BCUT2D eigenvalue weighted by Crippen LogP contribution is -2.14. The SMILES string of the molecule is CCCCCCCCC1=[C]C(C)(CC)C(CCC)=C1CCCCCC. The molecule has 0 nitrogen and oxygen atoms in total. The second-order valence-corrected chi connectivity index (χ2v) is 8.32. The van der Waals surface area contributed by atoms with Crippen LogP contribution >= 0.6 is 0 Å². The Labute approximate surface area is 159 Å². The maximum Gasteiger partial charge on any atom is 0.0143 e. The molecule has 0 heteroatoms. The molecule has 0 bridgehead atoms. The fourth-order valence-electron chi connectivity index (χ4n) is 4.30. The van der Waals surface area contributed by atoms with Crippen molar-refractivity contribution in [1.82, 2.24) is 0 Å². The topological polar surface area (TPSA) is 0 Å². The van der Waals surface area contributed by atoms with Crippen molar-refractivity contribution in [3.05, 3.63) is 22.8 Å². The Morgan fingerprint density at radius 3 is 1.80 bits per heavy atom. The zero-order chi connectivity index (χ0) is 18.5. The van der Waals surface area contributed by atoms with Gasteiger partial charge in [-0.05, 0) is 55.7 Å². The van der Waals surface area contributed by atoms with Gasteiger partial charge in [-0.3, -0.25) is 0 Å². The molecular formula is C25H45. The van der Waals surface area contributed by atoms with Crippen LogP contribution in [0.25, 0.3) is 0 Å². The third-order valence-electron chi connectivity index (χ3n) is 6.09. The Kier molecular flexibility index (Phi) is 11.5. The zero-order valence-corrected chi connectivity index (χ0v) is 18.1. The summed E-state index contributed by atoms with van der Waals surface area (Å²) in [4.78, 5) is 0. The van der Waals surface area contributed by atoms with Crippen molar-refractivity contribution in [2.45, 2.75) is 131 Å². The van der Waals surface area contributed by atoms with Gasteiger partial charge < -0.3 is 0 Å². The molecule has 1 unspecified atom stereocenters. The van der Waals surface area contributed by atoms with Gasteiger partial charge >= 0.3 is 0 Å². The van der Waals surface area contributed by atoms with Crippen LogP contribution in [0.4, 0.5) is 0 Å². The lowest BCUT2D eigenvalue weighted by atomic mass is 9.79. The van der Waals surface area contributed by atoms with Crippen LogP contribution in [0.3, 0.4) is 0 Å². The van der Waals surface area contributed by atoms with E-state index in [1.807, 2.05) is 0 Å². The summed E-state index contributed by atoms with van der Waals surface area (Å²) >= 11 is 0. The summed E-state index contributed by atoms with van der Waals surface area (Å²) in [5.41, 5.74) is 5.32. The largest absolute Gasteiger partial charge is 0.0654 e. The summed E-state index contributed by atoms with van der Waals surface area (Å²) in [6.07, 6.45) is 24.2. The maximum absolute atomic E-state index is 3.99. The van der Waals surface area contributed by atoms with Gasteiger partial charge in [-0.2, -0.15) is 0 Å². The highest BCUT2D eigenvalue weighted by Crippen LogP contribution is 2.47. The van der Waals surface area contributed by atoms with Crippen LogP contribution in [0.2, 0.25) is 0 Å². The van der Waals surface area contributed by atoms with E-state index in [1.54, 1.807) is 16.7 Å². The van der Waals surface area contributed by atoms with E-state index in [2.05, 4.69) is 40.7 Å². The third kappa shape index (κ3) is 7.32. The average Bonchev–Trinajstić information content (AvgIpc) is 2.88. The molecule has 0 aromatic heterocycles. The molecule has 0 aliphatic heterocycles. The lowest BCUT2D eigenvalue weighted by molar-refractivity contribution is 0.462. The molecule has 0 saturated carbocycles. The molecule has 145 valence electrons. The molecule has 0 aromatic rings. The van der Waals surface area contributed by atoms with Crippen LogP contribution in [0.1, 0.15) is 131 Å². The first-order valence-electron chi connectivity index (χ1n) is 11.5. The minimum Gasteiger partial charge on any atom is -0.0654 e. The maximum atomic E-state index is 3.99. The van der Waals surface area contributed by atoms with E-state index >= 15 is 0 Å². The van der Waals surface area contributed by atoms with Gasteiger partial charge in [0.1, 0.15) is 0 Å². The van der Waals surface area contributed by atoms with E-state index in [-0.39, 0.29) is 5.41 Å². The van der Waals surface area contributed by atoms with Crippen molar-refractivity contribution in [2.75, 3.05) is 0 Å². The molecule has 1 aliphatic carbocycles. The third-order valence-corrected chi connectivity index (χ3v) is 6.09. The minimum absolute atomic E-state index is 0.230. The van der Waals surface area contributed by atoms with Gasteiger partial charge in [0, 0.05) is 5.41 Å². The molecule has 0 fully saturated rings. The summed E-state index contributed by atoms with van der Waals surface area (Å²) in [5, 5.41) is 0. The van der Waals surface area contributed by atoms with Gasteiger partial charge in [0.15, 0.2) is 0 Å². The van der Waals surface area contributed by atoms with E-state index in [0.717, 1.165) is 0 Å². The first kappa shape index (κ1) is 22.5. The summed E-state index contributed by atoms with van der Waals surface area (Å²) in [5.74, 6) is 0. The molecule has 25 heavy (non-hydrogen) atoms. The van der Waals surface area contributed by atoms with Crippen LogP contribution in [-0.4, -0.2) is 0 Å². The van der Waals surface area contributed by atoms with Gasteiger partial charge in [-0.1, -0.05) is 98.0 Å². The summed E-state index contributed by atoms with van der Waals surface area (Å²) in [7, 11) is 0. The Bertz CT molecular complexity index is 412. The number of hydrogen-bond donors (Lipinski definition) is 0. The van der Waals surface area contributed by atoms with Crippen LogP contribution in [0, 0.1) is 11.5 Å². The number of allylic oxidation sites excluding steroid dienone is 4. The molecule has 1 aliphatic rings. The van der Waals surface area contributed by atoms with Crippen LogP contribution in [-0.2, 0) is 0 Å². The Hall–Kier alpha value is -0.520. The van der Waals surface area contributed by atoms with Crippen molar-refractivity contribution >= 4 is 0 Å². The Balaban J connectivity index is 2.71. The van der Waals surface area contributed by atoms with Gasteiger partial charge in [-0.25, -0.2) is 0 Å². The molecular weight excluding hydrogens is 300 g/mol. The van der Waals surface area contributed by atoms with E-state index < -0.39 is 0 Å². The predicted molar refractivity (Wildman–Crippen MR) is 114 cm³/mol. The number of hydrogen-bond acceptors (Lipinski definition) is 0. The highest BCUT2D eigenvalue weighted by Gasteiger charge is 2.34. The quantitative estimate of drug-likeness (QED) is 0.260. The molecule has 1 atom stereocenters. The molecule has 1 radical (unpaired) electrons. The highest BCUT2D eigenvalue weighted by atomic mass is 14.4. The molecule has 1 rings (SSSR count). The van der Waals surface area contributed by atoms with Crippen molar-refractivity contribution < 1.29 is 0 Å². The average molecular weight is 346 g/mol. The second kappa shape index (κ2) is 12.8. The van der Waals surface area contributed by atoms with Crippen molar-refractivity contribution in [2.24, 2.45) is 5.41 Å². The lowest BCUT2D eigenvalue weighted by Gasteiger charge is -2.25. The van der Waals surface area contributed by atoms with Gasteiger partial charge in [0.25, 0.3) is 0 Å². The van der Waals surface area contributed by atoms with Crippen molar-refractivity contribution in [3.8, 4) is 0 Å². The fourth-order valence-corrected chi connectivity index (χ4v) is 4.30. The number of unbranched alkanes of at least 4 members (excludes halogenated alkanes) is 8. The number of rotatable bonds is 15. The summed E-state index contributed by atoms with van der Waals surface area (Å²) in [6.45, 7) is 11.7. The molecule has 0 saturated heterocycles.